The van der Waals surface area contributed by atoms with E-state index in [1.165, 1.54) is 16.7 Å². The number of phenols is 2. The Bertz CT molecular complexity index is 1150. The molecule has 0 amide bonds. The smallest absolute Gasteiger partial charge is 0.116 e. The van der Waals surface area contributed by atoms with Gasteiger partial charge < -0.3 is 15.1 Å². The summed E-state index contributed by atoms with van der Waals surface area (Å²) in [6.07, 6.45) is 3.56. The Morgan fingerprint density at radius 3 is 2.33 bits per heavy atom. The molecule has 1 atom stereocenters. The minimum absolute atomic E-state index is 0.245. The number of allylic oxidation sites excluding steroid dienone is 1. The Morgan fingerprint density at radius 2 is 1.58 bits per heavy atom. The molecule has 3 nitrogen and oxygen atoms in total. The SMILES string of the molecule is Oc1ccc(C2=C(c3ccc([C@@H]4CCN(CCCF)C4)cc3)c3cc(O)ccc3CC2)cc1. The van der Waals surface area contributed by atoms with Gasteiger partial charge in [0.1, 0.15) is 11.5 Å². The molecule has 2 N–H and O–H groups in total. The molecule has 1 heterocycles. The highest BCUT2D eigenvalue weighted by molar-refractivity contribution is 6.01. The summed E-state index contributed by atoms with van der Waals surface area (Å²) in [5.41, 5.74) is 8.28. The van der Waals surface area contributed by atoms with Gasteiger partial charge >= 0.3 is 0 Å². The highest BCUT2D eigenvalue weighted by atomic mass is 19.1. The number of benzene rings is 3. The zero-order valence-electron chi connectivity index (χ0n) is 18.8. The highest BCUT2D eigenvalue weighted by Crippen LogP contribution is 2.42. The maximum atomic E-state index is 12.5. The van der Waals surface area contributed by atoms with Gasteiger partial charge in [0.05, 0.1) is 6.67 Å². The van der Waals surface area contributed by atoms with Gasteiger partial charge in [-0.25, -0.2) is 0 Å². The number of phenolic OH excluding ortho intramolecular Hbond substituents is 2. The quantitative estimate of drug-likeness (QED) is 0.480. The lowest BCUT2D eigenvalue weighted by Crippen LogP contribution is -2.21. The summed E-state index contributed by atoms with van der Waals surface area (Å²) < 4.78 is 12.5. The second-order valence-electron chi connectivity index (χ2n) is 9.19. The van der Waals surface area contributed by atoms with Crippen LogP contribution in [0.15, 0.2) is 66.7 Å². The van der Waals surface area contributed by atoms with E-state index in [1.807, 2.05) is 24.3 Å². The molecule has 1 saturated heterocycles. The molecule has 1 fully saturated rings. The lowest BCUT2D eigenvalue weighted by molar-refractivity contribution is 0.309. The Hall–Kier alpha value is -3.11. The zero-order chi connectivity index (χ0) is 22.8. The maximum absolute atomic E-state index is 12.5. The number of hydrogen-bond acceptors (Lipinski definition) is 3. The van der Waals surface area contributed by atoms with Crippen LogP contribution in [0.25, 0.3) is 11.1 Å². The average molecular weight is 444 g/mol. The largest absolute Gasteiger partial charge is 0.508 e. The lowest BCUT2D eigenvalue weighted by Gasteiger charge is -2.25. The number of nitrogens with zero attached hydrogens (tertiary/aromatic N) is 1. The first-order chi connectivity index (χ1) is 16.1. The van der Waals surface area contributed by atoms with Crippen molar-refractivity contribution >= 4 is 11.1 Å². The van der Waals surface area contributed by atoms with Gasteiger partial charge in [0, 0.05) is 13.1 Å². The van der Waals surface area contributed by atoms with E-state index < -0.39 is 0 Å². The molecule has 3 aromatic rings. The number of fused-ring (bicyclic) bond motifs is 1. The number of aromatic hydroxyl groups is 2. The molecule has 5 rings (SSSR count). The van der Waals surface area contributed by atoms with Crippen molar-refractivity contribution in [2.75, 3.05) is 26.3 Å². The number of halogens is 1. The van der Waals surface area contributed by atoms with Gasteiger partial charge in [-0.15, -0.1) is 0 Å². The highest BCUT2D eigenvalue weighted by Gasteiger charge is 2.25. The second kappa shape index (κ2) is 9.40. The fraction of sp³-hybridized carbons (Fsp3) is 0.310. The molecule has 0 bridgehead atoms. The fourth-order valence-corrected chi connectivity index (χ4v) is 5.36. The predicted octanol–water partition coefficient (Wildman–Crippen LogP) is 6.15. The van der Waals surface area contributed by atoms with Gasteiger partial charge in [-0.2, -0.15) is 0 Å². The molecule has 0 spiro atoms. The number of hydrogen-bond donors (Lipinski definition) is 2. The van der Waals surface area contributed by atoms with E-state index in [4.69, 9.17) is 0 Å². The first-order valence-electron chi connectivity index (χ1n) is 11.9. The first-order valence-corrected chi connectivity index (χ1v) is 11.9. The van der Waals surface area contributed by atoms with Crippen LogP contribution in [0.1, 0.15) is 53.0 Å². The lowest BCUT2D eigenvalue weighted by atomic mass is 9.79. The second-order valence-corrected chi connectivity index (χ2v) is 9.19. The standard InChI is InChI=1S/C29H30FNO2/c30-15-1-16-31-17-14-24(19-31)20-2-4-23(5-3-20)29-27(21-6-10-25(32)11-7-21)13-9-22-8-12-26(33)18-28(22)29/h2-8,10-12,18,24,32-33H,1,9,13-17,19H2/t24-/m1/s1. The van der Waals surface area contributed by atoms with Gasteiger partial charge in [0.15, 0.2) is 0 Å². The molecule has 1 aliphatic heterocycles. The topological polar surface area (TPSA) is 43.7 Å². The van der Waals surface area contributed by atoms with Gasteiger partial charge in [0.25, 0.3) is 0 Å². The summed E-state index contributed by atoms with van der Waals surface area (Å²) in [6.45, 7) is 2.63. The summed E-state index contributed by atoms with van der Waals surface area (Å²) in [7, 11) is 0. The molecule has 0 saturated carbocycles. The van der Waals surface area contributed by atoms with Crippen LogP contribution >= 0.6 is 0 Å². The molecule has 0 radical (unpaired) electrons. The van der Waals surface area contributed by atoms with Crippen LogP contribution in [0.5, 0.6) is 11.5 Å². The van der Waals surface area contributed by atoms with Crippen LogP contribution in [0.2, 0.25) is 0 Å². The Balaban J connectivity index is 1.51. The molecule has 0 aromatic heterocycles. The minimum atomic E-state index is -0.245. The maximum Gasteiger partial charge on any atom is 0.116 e. The van der Waals surface area contributed by atoms with Crippen molar-refractivity contribution in [3.8, 4) is 11.5 Å². The van der Waals surface area contributed by atoms with Crippen molar-refractivity contribution in [2.45, 2.75) is 31.6 Å². The van der Waals surface area contributed by atoms with Crippen LogP contribution in [-0.2, 0) is 6.42 Å². The normalized spacial score (nSPS) is 18.5. The summed E-state index contributed by atoms with van der Waals surface area (Å²) in [6, 6.07) is 21.9. The minimum Gasteiger partial charge on any atom is -0.508 e. The molecule has 33 heavy (non-hydrogen) atoms. The van der Waals surface area contributed by atoms with E-state index in [1.54, 1.807) is 18.2 Å². The average Bonchev–Trinajstić information content (AvgIpc) is 3.32. The van der Waals surface area contributed by atoms with Crippen LogP contribution in [0.4, 0.5) is 4.39 Å². The number of alkyl halides is 1. The van der Waals surface area contributed by atoms with Crippen molar-refractivity contribution in [1.82, 2.24) is 4.90 Å². The molecule has 3 aromatic carbocycles. The van der Waals surface area contributed by atoms with E-state index in [-0.39, 0.29) is 18.2 Å². The van der Waals surface area contributed by atoms with Crippen LogP contribution < -0.4 is 0 Å². The Labute approximate surface area is 194 Å². The van der Waals surface area contributed by atoms with Gasteiger partial charge in [-0.3, -0.25) is 4.39 Å². The third-order valence-corrected chi connectivity index (χ3v) is 7.08. The molecule has 4 heteroatoms. The monoisotopic (exact) mass is 443 g/mol. The third kappa shape index (κ3) is 4.53. The van der Waals surface area contributed by atoms with Gasteiger partial charge in [0.2, 0.25) is 0 Å². The predicted molar refractivity (Wildman–Crippen MR) is 131 cm³/mol. The molecule has 0 unspecified atom stereocenters. The Morgan fingerprint density at radius 1 is 0.848 bits per heavy atom. The molecule has 170 valence electrons. The molecule has 1 aliphatic carbocycles. The third-order valence-electron chi connectivity index (χ3n) is 7.08. The first kappa shape index (κ1) is 21.7. The van der Waals surface area contributed by atoms with Crippen LogP contribution in [0.3, 0.4) is 0 Å². The summed E-state index contributed by atoms with van der Waals surface area (Å²) >= 11 is 0. The van der Waals surface area contributed by atoms with Crippen molar-refractivity contribution in [3.63, 3.8) is 0 Å². The number of aryl methyl sites for hydroxylation is 1. The van der Waals surface area contributed by atoms with E-state index in [0.29, 0.717) is 12.3 Å². The molecule has 2 aliphatic rings. The van der Waals surface area contributed by atoms with E-state index >= 15 is 0 Å². The number of likely N-dealkylation sites (tertiary alicyclic amines) is 1. The van der Waals surface area contributed by atoms with Gasteiger partial charge in [-0.1, -0.05) is 42.5 Å². The van der Waals surface area contributed by atoms with Crippen LogP contribution in [0, 0.1) is 0 Å². The number of rotatable bonds is 6. The van der Waals surface area contributed by atoms with Crippen molar-refractivity contribution < 1.29 is 14.6 Å². The molecular formula is C29H30FNO2. The summed E-state index contributed by atoms with van der Waals surface area (Å²) in [5, 5.41) is 20.0. The van der Waals surface area contributed by atoms with Crippen LogP contribution in [-0.4, -0.2) is 41.4 Å². The van der Waals surface area contributed by atoms with Gasteiger partial charge in [-0.05, 0) is 101 Å². The van der Waals surface area contributed by atoms with E-state index in [0.717, 1.165) is 61.2 Å². The van der Waals surface area contributed by atoms with Crippen molar-refractivity contribution in [3.05, 3.63) is 94.5 Å². The van der Waals surface area contributed by atoms with Crippen molar-refractivity contribution in [1.29, 1.82) is 0 Å². The van der Waals surface area contributed by atoms with E-state index in [2.05, 4.69) is 29.2 Å². The summed E-state index contributed by atoms with van der Waals surface area (Å²) in [4.78, 5) is 2.36. The van der Waals surface area contributed by atoms with Crippen molar-refractivity contribution in [2.24, 2.45) is 0 Å². The summed E-state index contributed by atoms with van der Waals surface area (Å²) in [5.74, 6) is 1.03. The Kier molecular flexibility index (Phi) is 6.19. The molecular weight excluding hydrogens is 413 g/mol. The zero-order valence-corrected chi connectivity index (χ0v) is 18.8. The van der Waals surface area contributed by atoms with E-state index in [9.17, 15) is 14.6 Å². The fourth-order valence-electron chi connectivity index (χ4n) is 5.36.